The molecule has 1 saturated heterocycles. The third-order valence-corrected chi connectivity index (χ3v) is 3.03. The van der Waals surface area contributed by atoms with Crippen LogP contribution in [0.5, 0.6) is 11.5 Å². The second-order valence-corrected chi connectivity index (χ2v) is 4.46. The molecule has 1 aliphatic heterocycles. The Bertz CT molecular complexity index is 426. The van der Waals surface area contributed by atoms with Gasteiger partial charge in [-0.05, 0) is 17.7 Å². The van der Waals surface area contributed by atoms with E-state index in [2.05, 4.69) is 0 Å². The maximum Gasteiger partial charge on any atom is 0.224 e. The quantitative estimate of drug-likeness (QED) is 0.857. The standard InChI is InChI=1S/C13H18N2O3/c1-17-11-3-9(4-12(6-11)18-2)7-15-8-10(14)5-13(15)16/h3-4,6,10H,5,7-8,14H2,1-2H3. The van der Waals surface area contributed by atoms with Crippen molar-refractivity contribution >= 4 is 5.91 Å². The number of benzene rings is 1. The highest BCUT2D eigenvalue weighted by molar-refractivity contribution is 5.79. The van der Waals surface area contributed by atoms with E-state index in [9.17, 15) is 4.79 Å². The van der Waals surface area contributed by atoms with Crippen LogP contribution in [0.1, 0.15) is 12.0 Å². The molecule has 5 heteroatoms. The number of carbonyl (C=O) groups excluding carboxylic acids is 1. The zero-order chi connectivity index (χ0) is 13.1. The summed E-state index contributed by atoms with van der Waals surface area (Å²) >= 11 is 0. The van der Waals surface area contributed by atoms with E-state index in [0.29, 0.717) is 19.5 Å². The topological polar surface area (TPSA) is 64.8 Å². The second kappa shape index (κ2) is 5.27. The molecule has 0 aliphatic carbocycles. The van der Waals surface area contributed by atoms with Gasteiger partial charge in [-0.15, -0.1) is 0 Å². The van der Waals surface area contributed by atoms with Gasteiger partial charge in [0.05, 0.1) is 14.2 Å². The van der Waals surface area contributed by atoms with Crippen LogP contribution >= 0.6 is 0 Å². The molecule has 1 amide bonds. The molecule has 0 saturated carbocycles. The Labute approximate surface area is 106 Å². The van der Waals surface area contributed by atoms with Gasteiger partial charge in [0.15, 0.2) is 0 Å². The lowest BCUT2D eigenvalue weighted by atomic mass is 10.2. The number of nitrogens with zero attached hydrogens (tertiary/aromatic N) is 1. The third kappa shape index (κ3) is 2.73. The van der Waals surface area contributed by atoms with Gasteiger partial charge in [-0.3, -0.25) is 4.79 Å². The summed E-state index contributed by atoms with van der Waals surface area (Å²) in [5.41, 5.74) is 6.75. The van der Waals surface area contributed by atoms with Gasteiger partial charge in [0.2, 0.25) is 5.91 Å². The van der Waals surface area contributed by atoms with Crippen LogP contribution in [-0.4, -0.2) is 37.6 Å². The first-order valence-electron chi connectivity index (χ1n) is 5.87. The van der Waals surface area contributed by atoms with Crippen LogP contribution in [0.25, 0.3) is 0 Å². The van der Waals surface area contributed by atoms with E-state index in [0.717, 1.165) is 17.1 Å². The molecule has 5 nitrogen and oxygen atoms in total. The highest BCUT2D eigenvalue weighted by Crippen LogP contribution is 2.24. The van der Waals surface area contributed by atoms with Crippen LogP contribution in [0.2, 0.25) is 0 Å². The lowest BCUT2D eigenvalue weighted by Gasteiger charge is -2.17. The number of ether oxygens (including phenoxy) is 2. The number of nitrogens with two attached hydrogens (primary N) is 1. The zero-order valence-electron chi connectivity index (χ0n) is 10.7. The van der Waals surface area contributed by atoms with Gasteiger partial charge in [-0.2, -0.15) is 0 Å². The largest absolute Gasteiger partial charge is 0.497 e. The Balaban J connectivity index is 2.15. The van der Waals surface area contributed by atoms with Gasteiger partial charge in [-0.1, -0.05) is 0 Å². The number of rotatable bonds is 4. The number of methoxy groups -OCH3 is 2. The maximum atomic E-state index is 11.7. The Morgan fingerprint density at radius 1 is 1.28 bits per heavy atom. The first-order valence-corrected chi connectivity index (χ1v) is 5.87. The van der Waals surface area contributed by atoms with Crippen LogP contribution in [0.15, 0.2) is 18.2 Å². The lowest BCUT2D eigenvalue weighted by molar-refractivity contribution is -0.128. The number of hydrogen-bond donors (Lipinski definition) is 1. The summed E-state index contributed by atoms with van der Waals surface area (Å²) in [7, 11) is 3.21. The van der Waals surface area contributed by atoms with Crippen molar-refractivity contribution in [2.75, 3.05) is 20.8 Å². The summed E-state index contributed by atoms with van der Waals surface area (Å²) in [6, 6.07) is 5.56. The molecule has 18 heavy (non-hydrogen) atoms. The minimum absolute atomic E-state index is 0.0509. The molecule has 0 bridgehead atoms. The minimum atomic E-state index is -0.0509. The molecule has 0 spiro atoms. The van der Waals surface area contributed by atoms with Crippen LogP contribution < -0.4 is 15.2 Å². The minimum Gasteiger partial charge on any atom is -0.497 e. The summed E-state index contributed by atoms with van der Waals surface area (Å²) in [4.78, 5) is 13.4. The molecule has 0 radical (unpaired) electrons. The van der Waals surface area contributed by atoms with Crippen molar-refractivity contribution in [3.8, 4) is 11.5 Å². The monoisotopic (exact) mass is 250 g/mol. The smallest absolute Gasteiger partial charge is 0.224 e. The van der Waals surface area contributed by atoms with E-state index in [1.165, 1.54) is 0 Å². The molecular weight excluding hydrogens is 232 g/mol. The first-order chi connectivity index (χ1) is 8.62. The van der Waals surface area contributed by atoms with Crippen LogP contribution in [0.4, 0.5) is 0 Å². The van der Waals surface area contributed by atoms with Crippen molar-refractivity contribution in [1.29, 1.82) is 0 Å². The van der Waals surface area contributed by atoms with Crippen molar-refractivity contribution in [1.82, 2.24) is 4.90 Å². The van der Waals surface area contributed by atoms with E-state index < -0.39 is 0 Å². The Kier molecular flexibility index (Phi) is 3.72. The number of hydrogen-bond acceptors (Lipinski definition) is 4. The number of likely N-dealkylation sites (tertiary alicyclic amines) is 1. The predicted octanol–water partition coefficient (Wildman–Crippen LogP) is 0.763. The summed E-state index contributed by atoms with van der Waals surface area (Å²) in [6.07, 6.45) is 0.432. The van der Waals surface area contributed by atoms with Crippen molar-refractivity contribution < 1.29 is 14.3 Å². The average molecular weight is 250 g/mol. The van der Waals surface area contributed by atoms with Gasteiger partial charge in [0.1, 0.15) is 11.5 Å². The number of carbonyl (C=O) groups is 1. The molecule has 1 atom stereocenters. The van der Waals surface area contributed by atoms with Crippen molar-refractivity contribution in [2.24, 2.45) is 5.73 Å². The fourth-order valence-electron chi connectivity index (χ4n) is 2.13. The first kappa shape index (κ1) is 12.7. The van der Waals surface area contributed by atoms with Crippen molar-refractivity contribution in [2.45, 2.75) is 19.0 Å². The molecule has 2 N–H and O–H groups in total. The molecule has 1 unspecified atom stereocenters. The zero-order valence-corrected chi connectivity index (χ0v) is 10.7. The molecule has 2 rings (SSSR count). The highest BCUT2D eigenvalue weighted by Gasteiger charge is 2.26. The second-order valence-electron chi connectivity index (χ2n) is 4.46. The molecule has 98 valence electrons. The fraction of sp³-hybridized carbons (Fsp3) is 0.462. The lowest BCUT2D eigenvalue weighted by Crippen LogP contribution is -2.27. The molecule has 1 heterocycles. The Morgan fingerprint density at radius 2 is 1.89 bits per heavy atom. The average Bonchev–Trinajstić information content (AvgIpc) is 2.67. The van der Waals surface area contributed by atoms with E-state index in [1.807, 2.05) is 12.1 Å². The van der Waals surface area contributed by atoms with E-state index >= 15 is 0 Å². The highest BCUT2D eigenvalue weighted by atomic mass is 16.5. The molecule has 1 fully saturated rings. The van der Waals surface area contributed by atoms with E-state index in [4.69, 9.17) is 15.2 Å². The van der Waals surface area contributed by atoms with Gasteiger partial charge in [0, 0.05) is 31.6 Å². The molecule has 1 aromatic rings. The van der Waals surface area contributed by atoms with Crippen molar-refractivity contribution in [3.63, 3.8) is 0 Å². The van der Waals surface area contributed by atoms with Crippen LogP contribution in [0.3, 0.4) is 0 Å². The summed E-state index contributed by atoms with van der Waals surface area (Å²) < 4.78 is 10.4. The predicted molar refractivity (Wildman–Crippen MR) is 67.6 cm³/mol. The van der Waals surface area contributed by atoms with E-state index in [1.54, 1.807) is 25.2 Å². The molecule has 1 aliphatic rings. The Hall–Kier alpha value is -1.75. The van der Waals surface area contributed by atoms with Gasteiger partial charge in [0.25, 0.3) is 0 Å². The molecule has 1 aromatic carbocycles. The van der Waals surface area contributed by atoms with Crippen LogP contribution in [-0.2, 0) is 11.3 Å². The van der Waals surface area contributed by atoms with Crippen molar-refractivity contribution in [3.05, 3.63) is 23.8 Å². The van der Waals surface area contributed by atoms with Crippen LogP contribution in [0, 0.1) is 0 Å². The molecule has 0 aromatic heterocycles. The summed E-state index contributed by atoms with van der Waals surface area (Å²) in [6.45, 7) is 1.15. The molecular formula is C13H18N2O3. The summed E-state index contributed by atoms with van der Waals surface area (Å²) in [5.74, 6) is 1.55. The number of amides is 1. The third-order valence-electron chi connectivity index (χ3n) is 3.03. The van der Waals surface area contributed by atoms with Gasteiger partial charge >= 0.3 is 0 Å². The normalized spacial score (nSPS) is 19.2. The van der Waals surface area contributed by atoms with Gasteiger partial charge in [-0.25, -0.2) is 0 Å². The van der Waals surface area contributed by atoms with E-state index in [-0.39, 0.29) is 11.9 Å². The fourth-order valence-corrected chi connectivity index (χ4v) is 2.13. The SMILES string of the molecule is COc1cc(CN2CC(N)CC2=O)cc(OC)c1. The maximum absolute atomic E-state index is 11.7. The Morgan fingerprint density at radius 3 is 2.33 bits per heavy atom. The summed E-state index contributed by atoms with van der Waals surface area (Å²) in [5, 5.41) is 0. The van der Waals surface area contributed by atoms with Gasteiger partial charge < -0.3 is 20.1 Å².